The second kappa shape index (κ2) is 6.11. The molecule has 1 atom stereocenters. The van der Waals surface area contributed by atoms with E-state index in [1.54, 1.807) is 11.3 Å². The molecule has 0 radical (unpaired) electrons. The molecule has 1 spiro atoms. The Hall–Kier alpha value is -1.23. The first-order valence-corrected chi connectivity index (χ1v) is 9.05. The van der Waals surface area contributed by atoms with E-state index in [-0.39, 0.29) is 5.60 Å². The summed E-state index contributed by atoms with van der Waals surface area (Å²) in [5.41, 5.74) is 2.90. The molecule has 2 aromatic heterocycles. The van der Waals surface area contributed by atoms with Gasteiger partial charge in [-0.25, -0.2) is 0 Å². The Morgan fingerprint density at radius 1 is 1.32 bits per heavy atom. The number of pyridine rings is 1. The maximum absolute atomic E-state index is 6.28. The number of rotatable bonds is 3. The van der Waals surface area contributed by atoms with E-state index in [2.05, 4.69) is 32.8 Å². The van der Waals surface area contributed by atoms with Crippen LogP contribution < -0.4 is 0 Å². The highest BCUT2D eigenvalue weighted by Crippen LogP contribution is 2.42. The van der Waals surface area contributed by atoms with Crippen LogP contribution in [0.15, 0.2) is 41.4 Å². The van der Waals surface area contributed by atoms with Crippen molar-refractivity contribution in [3.63, 3.8) is 0 Å². The monoisotopic (exact) mass is 314 g/mol. The van der Waals surface area contributed by atoms with Crippen LogP contribution in [0.25, 0.3) is 0 Å². The van der Waals surface area contributed by atoms with Gasteiger partial charge in [0.15, 0.2) is 0 Å². The molecule has 0 bridgehead atoms. The Bertz CT molecular complexity index is 591. The van der Waals surface area contributed by atoms with Gasteiger partial charge in [-0.15, -0.1) is 0 Å². The summed E-state index contributed by atoms with van der Waals surface area (Å²) in [5.74, 6) is 0.525. The number of likely N-dealkylation sites (tertiary alicyclic amines) is 1. The molecule has 2 fully saturated rings. The topological polar surface area (TPSA) is 25.4 Å². The molecule has 4 heteroatoms. The van der Waals surface area contributed by atoms with Gasteiger partial charge in [-0.3, -0.25) is 9.88 Å². The number of aromatic nitrogens is 1. The highest BCUT2D eigenvalue weighted by Gasteiger charge is 2.42. The fourth-order valence-electron chi connectivity index (χ4n) is 3.78. The van der Waals surface area contributed by atoms with Gasteiger partial charge in [0.1, 0.15) is 0 Å². The summed E-state index contributed by atoms with van der Waals surface area (Å²) in [6, 6.07) is 6.45. The summed E-state index contributed by atoms with van der Waals surface area (Å²) >= 11 is 1.79. The minimum atomic E-state index is 0.117. The van der Waals surface area contributed by atoms with E-state index in [1.165, 1.54) is 11.1 Å². The predicted molar refractivity (Wildman–Crippen MR) is 89.1 cm³/mol. The van der Waals surface area contributed by atoms with Crippen LogP contribution >= 0.6 is 11.3 Å². The fraction of sp³-hybridized carbons (Fsp3) is 0.500. The Morgan fingerprint density at radius 3 is 2.95 bits per heavy atom. The Morgan fingerprint density at radius 2 is 2.23 bits per heavy atom. The molecule has 116 valence electrons. The van der Waals surface area contributed by atoms with E-state index in [9.17, 15) is 0 Å². The van der Waals surface area contributed by atoms with E-state index in [0.29, 0.717) is 5.92 Å². The molecule has 0 amide bonds. The molecule has 0 N–H and O–H groups in total. The minimum Gasteiger partial charge on any atom is -0.374 e. The molecule has 4 rings (SSSR count). The summed E-state index contributed by atoms with van der Waals surface area (Å²) in [4.78, 5) is 6.82. The van der Waals surface area contributed by atoms with E-state index >= 15 is 0 Å². The molecule has 2 aliphatic heterocycles. The van der Waals surface area contributed by atoms with Crippen molar-refractivity contribution in [3.8, 4) is 0 Å². The molecule has 4 heterocycles. The Labute approximate surface area is 135 Å². The maximum Gasteiger partial charge on any atom is 0.0713 e. The summed E-state index contributed by atoms with van der Waals surface area (Å²) in [7, 11) is 0. The van der Waals surface area contributed by atoms with Gasteiger partial charge >= 0.3 is 0 Å². The van der Waals surface area contributed by atoms with Gasteiger partial charge in [0.2, 0.25) is 0 Å². The first-order valence-electron chi connectivity index (χ1n) is 8.10. The van der Waals surface area contributed by atoms with E-state index in [4.69, 9.17) is 4.74 Å². The van der Waals surface area contributed by atoms with Gasteiger partial charge in [-0.2, -0.15) is 11.3 Å². The van der Waals surface area contributed by atoms with Crippen molar-refractivity contribution in [2.24, 2.45) is 0 Å². The lowest BCUT2D eigenvalue weighted by Crippen LogP contribution is -2.43. The van der Waals surface area contributed by atoms with E-state index in [0.717, 1.165) is 45.5 Å². The molecule has 1 unspecified atom stereocenters. The standard InChI is InChI=1S/C18H22N2OS/c1-2-16(11-19-6-1)17-10-18(21-13-17)4-7-20(8-5-18)12-15-3-9-22-14-15/h1-3,6,9,11,14,17H,4-5,7-8,10,12-13H2. The maximum atomic E-state index is 6.28. The van der Waals surface area contributed by atoms with Crippen LogP contribution in [0.3, 0.4) is 0 Å². The van der Waals surface area contributed by atoms with Crippen molar-refractivity contribution < 1.29 is 4.74 Å². The van der Waals surface area contributed by atoms with Crippen molar-refractivity contribution >= 4 is 11.3 Å². The molecule has 3 nitrogen and oxygen atoms in total. The number of ether oxygens (including phenoxy) is 1. The lowest BCUT2D eigenvalue weighted by molar-refractivity contribution is -0.0448. The number of nitrogens with zero attached hydrogens (tertiary/aromatic N) is 2. The summed E-state index contributed by atoms with van der Waals surface area (Å²) in [6.07, 6.45) is 7.32. The third-order valence-electron chi connectivity index (χ3n) is 5.12. The van der Waals surface area contributed by atoms with E-state index < -0.39 is 0 Å². The molecule has 2 aromatic rings. The number of piperidine rings is 1. The highest BCUT2D eigenvalue weighted by molar-refractivity contribution is 7.07. The van der Waals surface area contributed by atoms with Crippen molar-refractivity contribution in [2.45, 2.75) is 37.3 Å². The third kappa shape index (κ3) is 2.96. The zero-order valence-electron chi connectivity index (χ0n) is 12.8. The highest BCUT2D eigenvalue weighted by atomic mass is 32.1. The second-order valence-electron chi connectivity index (χ2n) is 6.59. The van der Waals surface area contributed by atoms with Crippen LogP contribution in [-0.2, 0) is 11.3 Å². The molecule has 0 aliphatic carbocycles. The molecule has 2 saturated heterocycles. The van der Waals surface area contributed by atoms with Crippen LogP contribution in [0.4, 0.5) is 0 Å². The number of hydrogen-bond acceptors (Lipinski definition) is 4. The number of thiophene rings is 1. The van der Waals surface area contributed by atoms with Crippen LogP contribution in [-0.4, -0.2) is 35.2 Å². The van der Waals surface area contributed by atoms with Crippen molar-refractivity contribution in [1.82, 2.24) is 9.88 Å². The lowest BCUT2D eigenvalue weighted by Gasteiger charge is -2.38. The third-order valence-corrected chi connectivity index (χ3v) is 5.85. The smallest absolute Gasteiger partial charge is 0.0713 e. The van der Waals surface area contributed by atoms with E-state index in [1.807, 2.05) is 18.5 Å². The summed E-state index contributed by atoms with van der Waals surface area (Å²) < 4.78 is 6.28. The van der Waals surface area contributed by atoms with Gasteiger partial charge < -0.3 is 4.74 Å². The second-order valence-corrected chi connectivity index (χ2v) is 7.37. The SMILES string of the molecule is c1cncc(C2COC3(CCN(Cc4ccsc4)CC3)C2)c1. The lowest BCUT2D eigenvalue weighted by atomic mass is 9.83. The van der Waals surface area contributed by atoms with Crippen molar-refractivity contribution in [1.29, 1.82) is 0 Å². The molecule has 0 saturated carbocycles. The fourth-order valence-corrected chi connectivity index (χ4v) is 4.44. The Kier molecular flexibility index (Phi) is 3.99. The normalized spacial score (nSPS) is 24.8. The summed E-state index contributed by atoms with van der Waals surface area (Å²) in [6.45, 7) is 4.24. The largest absolute Gasteiger partial charge is 0.374 e. The van der Waals surface area contributed by atoms with Crippen LogP contribution in [0.5, 0.6) is 0 Å². The quantitative estimate of drug-likeness (QED) is 0.864. The average molecular weight is 314 g/mol. The number of hydrogen-bond donors (Lipinski definition) is 0. The first kappa shape index (κ1) is 14.4. The predicted octanol–water partition coefficient (Wildman–Crippen LogP) is 3.68. The minimum absolute atomic E-state index is 0.117. The molecule has 22 heavy (non-hydrogen) atoms. The molecule has 0 aromatic carbocycles. The van der Waals surface area contributed by atoms with Gasteiger partial charge in [0.05, 0.1) is 12.2 Å². The van der Waals surface area contributed by atoms with Crippen LogP contribution in [0.1, 0.15) is 36.3 Å². The zero-order chi connectivity index (χ0) is 14.8. The molecule has 2 aliphatic rings. The zero-order valence-corrected chi connectivity index (χ0v) is 13.6. The van der Waals surface area contributed by atoms with Gasteiger partial charge in [0.25, 0.3) is 0 Å². The van der Waals surface area contributed by atoms with Crippen molar-refractivity contribution in [3.05, 3.63) is 52.5 Å². The van der Waals surface area contributed by atoms with Crippen LogP contribution in [0.2, 0.25) is 0 Å². The van der Waals surface area contributed by atoms with Gasteiger partial charge in [-0.1, -0.05) is 6.07 Å². The average Bonchev–Trinajstić information content (AvgIpc) is 3.21. The Balaban J connectivity index is 1.35. The molecular weight excluding hydrogens is 292 g/mol. The van der Waals surface area contributed by atoms with Gasteiger partial charge in [0, 0.05) is 37.9 Å². The van der Waals surface area contributed by atoms with Crippen LogP contribution in [0, 0.1) is 0 Å². The summed E-state index contributed by atoms with van der Waals surface area (Å²) in [5, 5.41) is 4.42. The first-order chi connectivity index (χ1) is 10.8. The van der Waals surface area contributed by atoms with Gasteiger partial charge in [-0.05, 0) is 53.3 Å². The van der Waals surface area contributed by atoms with Crippen molar-refractivity contribution in [2.75, 3.05) is 19.7 Å². The molecular formula is C18H22N2OS.